The van der Waals surface area contributed by atoms with Crippen LogP contribution in [0.2, 0.25) is 0 Å². The molecule has 0 atom stereocenters. The van der Waals surface area contributed by atoms with Crippen LogP contribution in [-0.2, 0) is 0 Å². The summed E-state index contributed by atoms with van der Waals surface area (Å²) in [6.45, 7) is 0. The highest BCUT2D eigenvalue weighted by Gasteiger charge is 2.08. The van der Waals surface area contributed by atoms with Crippen molar-refractivity contribution in [2.24, 2.45) is 0 Å². The molecular weight excluding hydrogens is 300 g/mol. The van der Waals surface area contributed by atoms with Crippen molar-refractivity contribution >= 4 is 16.6 Å². The van der Waals surface area contributed by atoms with Gasteiger partial charge in [-0.25, -0.2) is 15.0 Å². The van der Waals surface area contributed by atoms with Crippen molar-refractivity contribution in [1.29, 1.82) is 0 Å². The van der Waals surface area contributed by atoms with E-state index in [1.165, 1.54) is 0 Å². The van der Waals surface area contributed by atoms with Crippen molar-refractivity contribution in [1.82, 2.24) is 15.0 Å². The molecular formula is C19H14N4O. The van der Waals surface area contributed by atoms with Crippen molar-refractivity contribution < 1.29 is 4.74 Å². The molecule has 4 rings (SSSR count). The number of para-hydroxylation sites is 1. The minimum absolute atomic E-state index is 0.311. The van der Waals surface area contributed by atoms with E-state index in [2.05, 4.69) is 15.0 Å². The molecule has 2 N–H and O–H groups in total. The monoisotopic (exact) mass is 314 g/mol. The predicted molar refractivity (Wildman–Crippen MR) is 93.7 cm³/mol. The number of aromatic nitrogens is 3. The predicted octanol–water partition coefficient (Wildman–Crippen LogP) is 4.07. The Morgan fingerprint density at radius 1 is 0.750 bits per heavy atom. The molecule has 0 aliphatic heterocycles. The number of hydrogen-bond acceptors (Lipinski definition) is 5. The van der Waals surface area contributed by atoms with E-state index in [9.17, 15) is 0 Å². The van der Waals surface area contributed by atoms with Crippen LogP contribution < -0.4 is 10.5 Å². The van der Waals surface area contributed by atoms with Gasteiger partial charge in [0, 0.05) is 29.5 Å². The van der Waals surface area contributed by atoms with E-state index in [4.69, 9.17) is 10.5 Å². The number of nitrogens with two attached hydrogens (primary N) is 1. The van der Waals surface area contributed by atoms with Crippen LogP contribution in [0, 0.1) is 0 Å². The van der Waals surface area contributed by atoms with Gasteiger partial charge in [-0.2, -0.15) is 0 Å². The summed E-state index contributed by atoms with van der Waals surface area (Å²) in [6, 6.07) is 17.6. The Bertz CT molecular complexity index is 985. The third-order valence-electron chi connectivity index (χ3n) is 3.73. The Balaban J connectivity index is 1.70. The molecule has 0 spiro atoms. The number of nitrogens with zero attached hydrogens (tertiary/aromatic N) is 3. The van der Waals surface area contributed by atoms with Crippen LogP contribution in [0.25, 0.3) is 21.9 Å². The summed E-state index contributed by atoms with van der Waals surface area (Å²) in [5.74, 6) is 1.22. The second kappa shape index (κ2) is 5.96. The smallest absolute Gasteiger partial charge is 0.321 e. The molecule has 0 radical (unpaired) electrons. The molecule has 0 unspecified atom stereocenters. The van der Waals surface area contributed by atoms with Gasteiger partial charge in [-0.1, -0.05) is 36.4 Å². The SMILES string of the molecule is Nc1nccc2c(-c3cnc(Oc4ccccc4)nc3)cccc12. The molecule has 5 heteroatoms. The molecule has 0 saturated heterocycles. The third kappa shape index (κ3) is 2.63. The van der Waals surface area contributed by atoms with E-state index < -0.39 is 0 Å². The third-order valence-corrected chi connectivity index (χ3v) is 3.73. The van der Waals surface area contributed by atoms with Crippen molar-refractivity contribution in [2.75, 3.05) is 5.73 Å². The molecule has 2 heterocycles. The van der Waals surface area contributed by atoms with E-state index >= 15 is 0 Å². The highest BCUT2D eigenvalue weighted by atomic mass is 16.5. The lowest BCUT2D eigenvalue weighted by Gasteiger charge is -2.08. The average Bonchev–Trinajstić information content (AvgIpc) is 2.63. The van der Waals surface area contributed by atoms with Crippen LogP contribution in [0.5, 0.6) is 11.8 Å². The Kier molecular flexibility index (Phi) is 3.51. The Labute approximate surface area is 138 Å². The lowest BCUT2D eigenvalue weighted by molar-refractivity contribution is 0.442. The van der Waals surface area contributed by atoms with Crippen molar-refractivity contribution in [3.8, 4) is 22.9 Å². The first-order valence-electron chi connectivity index (χ1n) is 7.50. The number of anilines is 1. The molecule has 0 fully saturated rings. The Morgan fingerprint density at radius 3 is 2.33 bits per heavy atom. The number of rotatable bonds is 3. The van der Waals surface area contributed by atoms with E-state index in [0.717, 1.165) is 21.9 Å². The Morgan fingerprint density at radius 2 is 1.54 bits per heavy atom. The van der Waals surface area contributed by atoms with Gasteiger partial charge >= 0.3 is 6.01 Å². The van der Waals surface area contributed by atoms with Crippen LogP contribution in [0.4, 0.5) is 5.82 Å². The molecule has 4 aromatic rings. The number of nitrogen functional groups attached to an aromatic ring is 1. The van der Waals surface area contributed by atoms with Crippen LogP contribution in [0.15, 0.2) is 73.2 Å². The fourth-order valence-electron chi connectivity index (χ4n) is 2.58. The van der Waals surface area contributed by atoms with Gasteiger partial charge in [0.25, 0.3) is 0 Å². The molecule has 0 amide bonds. The van der Waals surface area contributed by atoms with E-state index in [1.54, 1.807) is 18.6 Å². The summed E-state index contributed by atoms with van der Waals surface area (Å²) in [6.07, 6.45) is 5.20. The number of hydrogen-bond donors (Lipinski definition) is 1. The van der Waals surface area contributed by atoms with Crippen molar-refractivity contribution in [2.45, 2.75) is 0 Å². The van der Waals surface area contributed by atoms with Crippen molar-refractivity contribution in [3.05, 3.63) is 73.2 Å². The van der Waals surface area contributed by atoms with Crippen LogP contribution in [-0.4, -0.2) is 15.0 Å². The summed E-state index contributed by atoms with van der Waals surface area (Å²) in [5.41, 5.74) is 7.85. The summed E-state index contributed by atoms with van der Waals surface area (Å²) < 4.78 is 5.62. The van der Waals surface area contributed by atoms with Gasteiger partial charge in [0.1, 0.15) is 11.6 Å². The quantitative estimate of drug-likeness (QED) is 0.617. The molecule has 0 bridgehead atoms. The first-order valence-corrected chi connectivity index (χ1v) is 7.50. The normalized spacial score (nSPS) is 10.7. The van der Waals surface area contributed by atoms with E-state index in [0.29, 0.717) is 17.6 Å². The molecule has 2 aromatic carbocycles. The van der Waals surface area contributed by atoms with Gasteiger partial charge in [-0.3, -0.25) is 0 Å². The van der Waals surface area contributed by atoms with Gasteiger partial charge in [0.15, 0.2) is 0 Å². The zero-order valence-corrected chi connectivity index (χ0v) is 12.8. The second-order valence-corrected chi connectivity index (χ2v) is 5.27. The molecule has 0 aliphatic rings. The lowest BCUT2D eigenvalue weighted by Crippen LogP contribution is -1.94. The number of fused-ring (bicyclic) bond motifs is 1. The number of benzene rings is 2. The van der Waals surface area contributed by atoms with Crippen LogP contribution in [0.1, 0.15) is 0 Å². The van der Waals surface area contributed by atoms with E-state index in [-0.39, 0.29) is 0 Å². The number of ether oxygens (including phenoxy) is 1. The molecule has 116 valence electrons. The van der Waals surface area contributed by atoms with Gasteiger partial charge in [-0.15, -0.1) is 0 Å². The summed E-state index contributed by atoms with van der Waals surface area (Å²) >= 11 is 0. The second-order valence-electron chi connectivity index (χ2n) is 5.27. The van der Waals surface area contributed by atoms with Crippen LogP contribution in [0.3, 0.4) is 0 Å². The largest absolute Gasteiger partial charge is 0.424 e. The molecule has 0 aliphatic carbocycles. The molecule has 2 aromatic heterocycles. The molecule has 5 nitrogen and oxygen atoms in total. The summed E-state index contributed by atoms with van der Waals surface area (Å²) in [5, 5.41) is 1.94. The average molecular weight is 314 g/mol. The minimum Gasteiger partial charge on any atom is -0.424 e. The zero-order valence-electron chi connectivity index (χ0n) is 12.8. The summed E-state index contributed by atoms with van der Waals surface area (Å²) in [7, 11) is 0. The maximum atomic E-state index is 5.95. The van der Waals surface area contributed by atoms with Crippen LogP contribution >= 0.6 is 0 Å². The molecule has 24 heavy (non-hydrogen) atoms. The zero-order chi connectivity index (χ0) is 16.4. The maximum Gasteiger partial charge on any atom is 0.321 e. The van der Waals surface area contributed by atoms with E-state index in [1.807, 2.05) is 54.6 Å². The summed E-state index contributed by atoms with van der Waals surface area (Å²) in [4.78, 5) is 12.7. The Hall–Kier alpha value is -3.47. The molecule has 0 saturated carbocycles. The fraction of sp³-hybridized carbons (Fsp3) is 0. The standard InChI is InChI=1S/C19H14N4O/c20-18-17-8-4-7-15(16(17)9-10-21-18)13-11-22-19(23-12-13)24-14-5-2-1-3-6-14/h1-12H,(H2,20,21). The van der Waals surface area contributed by atoms with Crippen molar-refractivity contribution in [3.63, 3.8) is 0 Å². The van der Waals surface area contributed by atoms with Gasteiger partial charge in [0.2, 0.25) is 0 Å². The lowest BCUT2D eigenvalue weighted by atomic mass is 10.0. The number of pyridine rings is 1. The highest BCUT2D eigenvalue weighted by molar-refractivity contribution is 6.00. The first kappa shape index (κ1) is 14.1. The van der Waals surface area contributed by atoms with Gasteiger partial charge in [-0.05, 0) is 29.1 Å². The van der Waals surface area contributed by atoms with Gasteiger partial charge in [0.05, 0.1) is 0 Å². The fourth-order valence-corrected chi connectivity index (χ4v) is 2.58. The minimum atomic E-state index is 0.311. The highest BCUT2D eigenvalue weighted by Crippen LogP contribution is 2.30. The maximum absolute atomic E-state index is 5.95. The van der Waals surface area contributed by atoms with Gasteiger partial charge < -0.3 is 10.5 Å². The topological polar surface area (TPSA) is 73.9 Å². The first-order chi connectivity index (χ1) is 11.8.